The van der Waals surface area contributed by atoms with Crippen molar-refractivity contribution in [2.75, 3.05) is 6.61 Å². The molecule has 1 rings (SSSR count). The lowest BCUT2D eigenvalue weighted by molar-refractivity contribution is 0.265. The smallest absolute Gasteiger partial charge is 0.240 e. The van der Waals surface area contributed by atoms with Gasteiger partial charge in [-0.25, -0.2) is 13.1 Å². The number of aryl methyl sites for hydroxylation is 1. The van der Waals surface area contributed by atoms with Gasteiger partial charge in [-0.05, 0) is 26.0 Å². The zero-order valence-electron chi connectivity index (χ0n) is 8.77. The average Bonchev–Trinajstić information content (AvgIpc) is 2.17. The Morgan fingerprint density at radius 1 is 1.33 bits per heavy atom. The van der Waals surface area contributed by atoms with E-state index in [-0.39, 0.29) is 11.5 Å². The Bertz CT molecular complexity index is 411. The van der Waals surface area contributed by atoms with E-state index in [1.165, 1.54) is 0 Å². The van der Waals surface area contributed by atoms with Crippen LogP contribution in [-0.2, 0) is 10.0 Å². The van der Waals surface area contributed by atoms with Crippen molar-refractivity contribution < 1.29 is 13.5 Å². The maximum Gasteiger partial charge on any atom is 0.240 e. The summed E-state index contributed by atoms with van der Waals surface area (Å²) in [5.41, 5.74) is 1.00. The monoisotopic (exact) mass is 229 g/mol. The van der Waals surface area contributed by atoms with E-state index in [4.69, 9.17) is 5.11 Å². The Hall–Kier alpha value is -0.910. The molecule has 0 saturated heterocycles. The molecule has 0 bridgehead atoms. The Labute approximate surface area is 90.0 Å². The van der Waals surface area contributed by atoms with Gasteiger partial charge in [-0.1, -0.05) is 17.7 Å². The number of hydrogen-bond acceptors (Lipinski definition) is 3. The molecule has 1 atom stereocenters. The van der Waals surface area contributed by atoms with E-state index >= 15 is 0 Å². The maximum atomic E-state index is 11.7. The topological polar surface area (TPSA) is 66.4 Å². The summed E-state index contributed by atoms with van der Waals surface area (Å²) < 4.78 is 25.7. The summed E-state index contributed by atoms with van der Waals surface area (Å²) in [7, 11) is -3.50. The van der Waals surface area contributed by atoms with Gasteiger partial charge in [0, 0.05) is 6.04 Å². The van der Waals surface area contributed by atoms with Gasteiger partial charge in [0.15, 0.2) is 0 Å². The molecule has 5 heteroatoms. The van der Waals surface area contributed by atoms with Crippen LogP contribution in [0.3, 0.4) is 0 Å². The molecule has 15 heavy (non-hydrogen) atoms. The minimum absolute atomic E-state index is 0.216. The summed E-state index contributed by atoms with van der Waals surface area (Å²) in [5.74, 6) is 0. The minimum atomic E-state index is -3.50. The molecule has 4 nitrogen and oxygen atoms in total. The molecule has 0 unspecified atom stereocenters. The molecular weight excluding hydrogens is 214 g/mol. The molecule has 0 saturated carbocycles. The van der Waals surface area contributed by atoms with Crippen LogP contribution in [0.25, 0.3) is 0 Å². The van der Waals surface area contributed by atoms with Gasteiger partial charge in [-0.2, -0.15) is 0 Å². The van der Waals surface area contributed by atoms with E-state index in [9.17, 15) is 8.42 Å². The summed E-state index contributed by atoms with van der Waals surface area (Å²) >= 11 is 0. The molecule has 84 valence electrons. The summed E-state index contributed by atoms with van der Waals surface area (Å²) in [5, 5.41) is 8.76. The second-order valence-corrected chi connectivity index (χ2v) is 5.23. The third-order valence-corrected chi connectivity index (χ3v) is 3.57. The summed E-state index contributed by atoms with van der Waals surface area (Å²) in [6.45, 7) is 3.27. The lowest BCUT2D eigenvalue weighted by Gasteiger charge is -2.11. The number of rotatable bonds is 4. The van der Waals surface area contributed by atoms with Crippen molar-refractivity contribution in [3.05, 3.63) is 29.8 Å². The quantitative estimate of drug-likeness (QED) is 0.797. The number of nitrogens with one attached hydrogen (secondary N) is 1. The minimum Gasteiger partial charge on any atom is -0.395 e. The fourth-order valence-corrected chi connectivity index (χ4v) is 2.32. The van der Waals surface area contributed by atoms with Gasteiger partial charge in [-0.3, -0.25) is 0 Å². The van der Waals surface area contributed by atoms with E-state index in [2.05, 4.69) is 4.72 Å². The molecule has 0 fully saturated rings. The zero-order chi connectivity index (χ0) is 11.5. The van der Waals surface area contributed by atoms with Crippen LogP contribution in [0.1, 0.15) is 12.5 Å². The van der Waals surface area contributed by atoms with Crippen LogP contribution in [0.2, 0.25) is 0 Å². The molecule has 1 aromatic rings. The first kappa shape index (κ1) is 12.2. The molecule has 2 N–H and O–H groups in total. The first-order valence-electron chi connectivity index (χ1n) is 4.65. The predicted octanol–water partition coefficient (Wildman–Crippen LogP) is 0.654. The van der Waals surface area contributed by atoms with E-state index in [1.54, 1.807) is 31.2 Å². The zero-order valence-corrected chi connectivity index (χ0v) is 9.58. The van der Waals surface area contributed by atoms with Crippen molar-refractivity contribution >= 4 is 10.0 Å². The second kappa shape index (κ2) is 4.74. The second-order valence-electron chi connectivity index (χ2n) is 3.52. The van der Waals surface area contributed by atoms with Gasteiger partial charge in [0.1, 0.15) is 0 Å². The highest BCUT2D eigenvalue weighted by Gasteiger charge is 2.16. The van der Waals surface area contributed by atoms with Gasteiger partial charge in [0.25, 0.3) is 0 Å². The molecule has 0 aliphatic carbocycles. The van der Waals surface area contributed by atoms with E-state index in [0.29, 0.717) is 0 Å². The molecular formula is C10H15NO3S. The van der Waals surface area contributed by atoms with Crippen LogP contribution in [0, 0.1) is 6.92 Å². The van der Waals surface area contributed by atoms with Crippen LogP contribution in [0.5, 0.6) is 0 Å². The lowest BCUT2D eigenvalue weighted by atomic mass is 10.2. The average molecular weight is 229 g/mol. The fourth-order valence-electron chi connectivity index (χ4n) is 1.09. The maximum absolute atomic E-state index is 11.7. The molecule has 1 aromatic carbocycles. The van der Waals surface area contributed by atoms with Gasteiger partial charge < -0.3 is 5.11 Å². The highest BCUT2D eigenvalue weighted by molar-refractivity contribution is 7.89. The van der Waals surface area contributed by atoms with E-state index in [1.807, 2.05) is 6.92 Å². The van der Waals surface area contributed by atoms with Crippen molar-refractivity contribution in [3.8, 4) is 0 Å². The van der Waals surface area contributed by atoms with Gasteiger partial charge >= 0.3 is 0 Å². The third-order valence-electron chi connectivity index (χ3n) is 1.96. The van der Waals surface area contributed by atoms with Crippen LogP contribution in [0.4, 0.5) is 0 Å². The molecule has 0 radical (unpaired) electrons. The molecule has 0 aliphatic heterocycles. The van der Waals surface area contributed by atoms with E-state index < -0.39 is 16.1 Å². The van der Waals surface area contributed by atoms with Crippen molar-refractivity contribution in [2.24, 2.45) is 0 Å². The molecule has 0 aromatic heterocycles. The molecule has 0 heterocycles. The first-order valence-corrected chi connectivity index (χ1v) is 6.14. The van der Waals surface area contributed by atoms with Gasteiger partial charge in [0.2, 0.25) is 10.0 Å². The number of aliphatic hydroxyl groups excluding tert-OH is 1. The first-order chi connectivity index (χ1) is 6.95. The highest BCUT2D eigenvalue weighted by atomic mass is 32.2. The van der Waals surface area contributed by atoms with Crippen LogP contribution < -0.4 is 4.72 Å². The fraction of sp³-hybridized carbons (Fsp3) is 0.400. The number of benzene rings is 1. The molecule has 0 amide bonds. The van der Waals surface area contributed by atoms with Crippen LogP contribution in [-0.4, -0.2) is 26.2 Å². The van der Waals surface area contributed by atoms with Gasteiger partial charge in [0.05, 0.1) is 11.5 Å². The van der Waals surface area contributed by atoms with Crippen LogP contribution in [0.15, 0.2) is 29.2 Å². The summed E-state index contributed by atoms with van der Waals surface area (Å²) in [6, 6.07) is 6.08. The molecule has 0 spiro atoms. The molecule has 0 aliphatic rings. The normalized spacial score (nSPS) is 13.8. The van der Waals surface area contributed by atoms with Crippen molar-refractivity contribution in [2.45, 2.75) is 24.8 Å². The summed E-state index contributed by atoms with van der Waals surface area (Å²) in [6.07, 6.45) is 0. The number of aliphatic hydroxyl groups is 1. The number of sulfonamides is 1. The van der Waals surface area contributed by atoms with E-state index in [0.717, 1.165) is 5.56 Å². The van der Waals surface area contributed by atoms with Crippen molar-refractivity contribution in [1.82, 2.24) is 4.72 Å². The van der Waals surface area contributed by atoms with Crippen LogP contribution >= 0.6 is 0 Å². The third kappa shape index (κ3) is 3.30. The Morgan fingerprint density at radius 2 is 1.87 bits per heavy atom. The number of hydrogen-bond donors (Lipinski definition) is 2. The Morgan fingerprint density at radius 3 is 2.33 bits per heavy atom. The Balaban J connectivity index is 2.91. The Kier molecular flexibility index (Phi) is 3.84. The predicted molar refractivity (Wildman–Crippen MR) is 58.0 cm³/mol. The largest absolute Gasteiger partial charge is 0.395 e. The van der Waals surface area contributed by atoms with Crippen molar-refractivity contribution in [3.63, 3.8) is 0 Å². The highest BCUT2D eigenvalue weighted by Crippen LogP contribution is 2.10. The summed E-state index contributed by atoms with van der Waals surface area (Å²) in [4.78, 5) is 0.216. The van der Waals surface area contributed by atoms with Crippen molar-refractivity contribution in [1.29, 1.82) is 0 Å². The lowest BCUT2D eigenvalue weighted by Crippen LogP contribution is -2.34. The van der Waals surface area contributed by atoms with Gasteiger partial charge in [-0.15, -0.1) is 0 Å². The standard InChI is InChI=1S/C10H15NO3S/c1-8-3-5-10(6-4-8)15(13,14)11-9(2)7-12/h3-6,9,11-12H,7H2,1-2H3/t9-/m0/s1. The SMILES string of the molecule is Cc1ccc(S(=O)(=O)N[C@@H](C)CO)cc1.